The van der Waals surface area contributed by atoms with Crippen molar-refractivity contribution >= 4 is 29.0 Å². The highest BCUT2D eigenvalue weighted by atomic mass is 32.1. The van der Waals surface area contributed by atoms with Gasteiger partial charge < -0.3 is 19.4 Å². The van der Waals surface area contributed by atoms with Crippen molar-refractivity contribution in [2.45, 2.75) is 25.4 Å². The molecule has 7 nitrogen and oxygen atoms in total. The molecule has 1 aliphatic rings. The average molecular weight is 452 g/mol. The standard InChI is InChI=1S/C24H25N3O4S/c1-4-11-27-23(29)17-9-7-15(13-19(17)25-24(27)32)22(28)26-12-5-6-20(26)18-14-16(30-2)8-10-21(18)31-3/h4,7-10,13-14,20H,1,5-6,11-12H2,2-3H3,(H,25,32). The third kappa shape index (κ3) is 3.82. The van der Waals surface area contributed by atoms with E-state index in [2.05, 4.69) is 11.6 Å². The highest BCUT2D eigenvalue weighted by molar-refractivity contribution is 7.71. The van der Waals surface area contributed by atoms with E-state index in [1.807, 2.05) is 23.1 Å². The molecule has 1 atom stereocenters. The third-order valence-corrected chi connectivity index (χ3v) is 6.17. The highest BCUT2D eigenvalue weighted by Gasteiger charge is 2.33. The number of ether oxygens (including phenoxy) is 2. The molecule has 8 heteroatoms. The Morgan fingerprint density at radius 1 is 1.25 bits per heavy atom. The van der Waals surface area contributed by atoms with Gasteiger partial charge in [-0.25, -0.2) is 0 Å². The van der Waals surface area contributed by atoms with E-state index in [9.17, 15) is 9.59 Å². The lowest BCUT2D eigenvalue weighted by Gasteiger charge is -2.27. The zero-order valence-electron chi connectivity index (χ0n) is 18.1. The number of hydrogen-bond donors (Lipinski definition) is 1. The zero-order valence-corrected chi connectivity index (χ0v) is 18.9. The minimum Gasteiger partial charge on any atom is -0.497 e. The van der Waals surface area contributed by atoms with E-state index in [4.69, 9.17) is 21.7 Å². The Hall–Kier alpha value is -3.39. The van der Waals surface area contributed by atoms with Gasteiger partial charge in [0.05, 0.1) is 31.2 Å². The molecule has 1 unspecified atom stereocenters. The number of carbonyl (C=O) groups excluding carboxylic acids is 1. The van der Waals surface area contributed by atoms with Gasteiger partial charge in [0.2, 0.25) is 0 Å². The Labute approximate surface area is 190 Å². The zero-order chi connectivity index (χ0) is 22.8. The molecule has 1 amide bonds. The minimum absolute atomic E-state index is 0.103. The number of allylic oxidation sites excluding steroid dienone is 1. The quantitative estimate of drug-likeness (QED) is 0.448. The van der Waals surface area contributed by atoms with Crippen LogP contribution in [0.4, 0.5) is 0 Å². The van der Waals surface area contributed by atoms with Gasteiger partial charge in [-0.15, -0.1) is 6.58 Å². The maximum absolute atomic E-state index is 13.5. The van der Waals surface area contributed by atoms with E-state index in [1.165, 1.54) is 4.57 Å². The molecule has 1 N–H and O–H groups in total. The van der Waals surface area contributed by atoms with E-state index >= 15 is 0 Å². The molecule has 1 aromatic heterocycles. The molecule has 0 saturated carbocycles. The van der Waals surface area contributed by atoms with E-state index in [0.29, 0.717) is 40.1 Å². The Morgan fingerprint density at radius 2 is 2.06 bits per heavy atom. The molecule has 3 aromatic rings. The van der Waals surface area contributed by atoms with Crippen molar-refractivity contribution in [2.24, 2.45) is 0 Å². The Balaban J connectivity index is 1.72. The van der Waals surface area contributed by atoms with Crippen LogP contribution in [0.3, 0.4) is 0 Å². The van der Waals surface area contributed by atoms with Gasteiger partial charge in [-0.3, -0.25) is 14.2 Å². The lowest BCUT2D eigenvalue weighted by Crippen LogP contribution is -2.31. The first-order chi connectivity index (χ1) is 15.5. The number of aromatic amines is 1. The third-order valence-electron chi connectivity index (χ3n) is 5.85. The van der Waals surface area contributed by atoms with Crippen LogP contribution in [0.5, 0.6) is 11.5 Å². The largest absolute Gasteiger partial charge is 0.497 e. The molecule has 1 saturated heterocycles. The molecule has 166 valence electrons. The predicted molar refractivity (Wildman–Crippen MR) is 126 cm³/mol. The van der Waals surface area contributed by atoms with E-state index in [-0.39, 0.29) is 17.5 Å². The SMILES string of the molecule is C=CCn1c(=S)[nH]c2cc(C(=O)N3CCCC3c3cc(OC)ccc3OC)ccc2c1=O. The fourth-order valence-corrected chi connectivity index (χ4v) is 4.55. The van der Waals surface area contributed by atoms with Crippen LogP contribution >= 0.6 is 12.2 Å². The summed E-state index contributed by atoms with van der Waals surface area (Å²) in [5, 5.41) is 0.476. The minimum atomic E-state index is -0.206. The van der Waals surface area contributed by atoms with Crippen molar-refractivity contribution < 1.29 is 14.3 Å². The number of H-pyrrole nitrogens is 1. The average Bonchev–Trinajstić information content (AvgIpc) is 3.30. The van der Waals surface area contributed by atoms with Gasteiger partial charge in [0.1, 0.15) is 11.5 Å². The van der Waals surface area contributed by atoms with Crippen molar-refractivity contribution in [3.05, 3.63) is 75.3 Å². The second-order valence-corrected chi connectivity index (χ2v) is 8.05. The number of likely N-dealkylation sites (tertiary alicyclic amines) is 1. The molecular weight excluding hydrogens is 426 g/mol. The van der Waals surface area contributed by atoms with Crippen LogP contribution in [0.25, 0.3) is 10.9 Å². The summed E-state index contributed by atoms with van der Waals surface area (Å²) < 4.78 is 12.7. The Morgan fingerprint density at radius 3 is 2.78 bits per heavy atom. The fourth-order valence-electron chi connectivity index (χ4n) is 4.28. The topological polar surface area (TPSA) is 76.6 Å². The number of nitrogens with one attached hydrogen (secondary N) is 1. The van der Waals surface area contributed by atoms with E-state index in [0.717, 1.165) is 24.2 Å². The molecule has 2 heterocycles. The van der Waals surface area contributed by atoms with Crippen LogP contribution in [0.15, 0.2) is 53.8 Å². The van der Waals surface area contributed by atoms with E-state index < -0.39 is 0 Å². The number of aromatic nitrogens is 2. The fraction of sp³-hybridized carbons (Fsp3) is 0.292. The lowest BCUT2D eigenvalue weighted by atomic mass is 10.0. The van der Waals surface area contributed by atoms with Gasteiger partial charge in [-0.1, -0.05) is 6.08 Å². The van der Waals surface area contributed by atoms with E-state index in [1.54, 1.807) is 38.5 Å². The molecule has 0 aliphatic carbocycles. The van der Waals surface area contributed by atoms with Gasteiger partial charge in [-0.2, -0.15) is 0 Å². The van der Waals surface area contributed by atoms with Crippen molar-refractivity contribution in [1.82, 2.24) is 14.5 Å². The number of carbonyl (C=O) groups is 1. The van der Waals surface area contributed by atoms with Crippen molar-refractivity contribution in [3.8, 4) is 11.5 Å². The first kappa shape index (κ1) is 21.8. The van der Waals surface area contributed by atoms with Crippen LogP contribution in [-0.4, -0.2) is 41.1 Å². The molecule has 0 bridgehead atoms. The summed E-state index contributed by atoms with van der Waals surface area (Å²) in [5.74, 6) is 1.34. The summed E-state index contributed by atoms with van der Waals surface area (Å²) in [4.78, 5) is 31.2. The van der Waals surface area contributed by atoms with Crippen molar-refractivity contribution in [3.63, 3.8) is 0 Å². The van der Waals surface area contributed by atoms with Crippen LogP contribution in [0.1, 0.15) is 34.8 Å². The highest BCUT2D eigenvalue weighted by Crippen LogP contribution is 2.39. The van der Waals surface area contributed by atoms with Crippen LogP contribution < -0.4 is 15.0 Å². The number of fused-ring (bicyclic) bond motifs is 1. The van der Waals surface area contributed by atoms with Gasteiger partial charge >= 0.3 is 0 Å². The molecule has 1 aliphatic heterocycles. The number of rotatable bonds is 6. The molecule has 32 heavy (non-hydrogen) atoms. The van der Waals surface area contributed by atoms with Crippen molar-refractivity contribution in [1.29, 1.82) is 0 Å². The number of benzene rings is 2. The first-order valence-corrected chi connectivity index (χ1v) is 10.8. The summed E-state index contributed by atoms with van der Waals surface area (Å²) in [6.07, 6.45) is 3.34. The molecule has 0 radical (unpaired) electrons. The molecule has 1 fully saturated rings. The van der Waals surface area contributed by atoms with Gasteiger partial charge in [0.25, 0.3) is 11.5 Å². The normalized spacial score (nSPS) is 15.7. The summed E-state index contributed by atoms with van der Waals surface area (Å²) in [7, 11) is 3.24. The van der Waals surface area contributed by atoms with Gasteiger partial charge in [0.15, 0.2) is 4.77 Å². The second-order valence-electron chi connectivity index (χ2n) is 7.66. The van der Waals surface area contributed by atoms with Crippen LogP contribution in [0, 0.1) is 4.77 Å². The number of amides is 1. The number of nitrogens with zero attached hydrogens (tertiary/aromatic N) is 2. The summed E-state index contributed by atoms with van der Waals surface area (Å²) in [6, 6.07) is 10.6. The maximum atomic E-state index is 13.5. The van der Waals surface area contributed by atoms with Gasteiger partial charge in [-0.05, 0) is 61.5 Å². The lowest BCUT2D eigenvalue weighted by molar-refractivity contribution is 0.0734. The smallest absolute Gasteiger partial charge is 0.262 e. The van der Waals surface area contributed by atoms with Crippen LogP contribution in [-0.2, 0) is 6.54 Å². The number of methoxy groups -OCH3 is 2. The Bertz CT molecular complexity index is 1310. The molecule has 2 aromatic carbocycles. The summed E-state index contributed by atoms with van der Waals surface area (Å²) >= 11 is 5.32. The maximum Gasteiger partial charge on any atom is 0.262 e. The van der Waals surface area contributed by atoms with Gasteiger partial charge in [0, 0.05) is 24.2 Å². The van der Waals surface area contributed by atoms with Crippen LogP contribution in [0.2, 0.25) is 0 Å². The molecular formula is C24H25N3O4S. The predicted octanol–water partition coefficient (Wildman–Crippen LogP) is 4.24. The monoisotopic (exact) mass is 451 g/mol. The molecule has 4 rings (SSSR count). The number of hydrogen-bond acceptors (Lipinski definition) is 5. The summed E-state index contributed by atoms with van der Waals surface area (Å²) in [5.41, 5.74) is 1.76. The second kappa shape index (κ2) is 9.00. The first-order valence-electron chi connectivity index (χ1n) is 10.4. The Kier molecular flexibility index (Phi) is 6.14. The summed E-state index contributed by atoms with van der Waals surface area (Å²) in [6.45, 7) is 4.63. The molecule has 0 spiro atoms. The van der Waals surface area contributed by atoms with Crippen molar-refractivity contribution in [2.75, 3.05) is 20.8 Å².